The van der Waals surface area contributed by atoms with Crippen molar-refractivity contribution >= 4 is 21.6 Å². The Morgan fingerprint density at radius 1 is 1.26 bits per heavy atom. The quantitative estimate of drug-likeness (QED) is 0.898. The van der Waals surface area contributed by atoms with E-state index in [4.69, 9.17) is 4.74 Å². The normalized spacial score (nSPS) is 10.3. The van der Waals surface area contributed by atoms with Crippen LogP contribution in [0.25, 0.3) is 0 Å². The molecule has 0 saturated heterocycles. The molecular weight excluding hydrogens is 304 g/mol. The number of rotatable bonds is 5. The highest BCUT2D eigenvalue weighted by molar-refractivity contribution is 9.10. The van der Waals surface area contributed by atoms with Crippen molar-refractivity contribution < 1.29 is 4.74 Å². The average Bonchev–Trinajstić information content (AvgIpc) is 2.38. The van der Waals surface area contributed by atoms with Crippen molar-refractivity contribution in [1.82, 2.24) is 4.98 Å². The van der Waals surface area contributed by atoms with E-state index >= 15 is 0 Å². The second kappa shape index (κ2) is 6.57. The maximum atomic E-state index is 5.64. The highest BCUT2D eigenvalue weighted by Gasteiger charge is 2.04. The zero-order valence-electron chi connectivity index (χ0n) is 11.1. The summed E-state index contributed by atoms with van der Waals surface area (Å²) >= 11 is 3.42. The summed E-state index contributed by atoms with van der Waals surface area (Å²) in [4.78, 5) is 4.15. The Morgan fingerprint density at radius 3 is 2.84 bits per heavy atom. The topological polar surface area (TPSA) is 34.1 Å². The zero-order chi connectivity index (χ0) is 13.7. The van der Waals surface area contributed by atoms with Gasteiger partial charge in [0.05, 0.1) is 12.3 Å². The Balaban J connectivity index is 2.10. The molecule has 1 heterocycles. The van der Waals surface area contributed by atoms with Gasteiger partial charge in [0.25, 0.3) is 0 Å². The van der Waals surface area contributed by atoms with Gasteiger partial charge in [-0.2, -0.15) is 0 Å². The minimum Gasteiger partial charge on any atom is -0.492 e. The van der Waals surface area contributed by atoms with E-state index in [2.05, 4.69) is 45.3 Å². The zero-order valence-corrected chi connectivity index (χ0v) is 12.7. The van der Waals surface area contributed by atoms with Gasteiger partial charge in [-0.15, -0.1) is 0 Å². The third kappa shape index (κ3) is 3.96. The van der Waals surface area contributed by atoms with Crippen LogP contribution >= 0.6 is 15.9 Å². The molecular formula is C15H17BrN2O. The van der Waals surface area contributed by atoms with Crippen LogP contribution in [0.2, 0.25) is 0 Å². The van der Waals surface area contributed by atoms with Gasteiger partial charge in [0.1, 0.15) is 5.75 Å². The summed E-state index contributed by atoms with van der Waals surface area (Å²) < 4.78 is 6.63. The van der Waals surface area contributed by atoms with Crippen LogP contribution in [0.3, 0.4) is 0 Å². The Labute approximate surface area is 122 Å². The molecule has 0 amide bonds. The van der Waals surface area contributed by atoms with Gasteiger partial charge < -0.3 is 10.1 Å². The Morgan fingerprint density at radius 2 is 2.11 bits per heavy atom. The molecule has 2 aromatic rings. The predicted octanol–water partition coefficient (Wildman–Crippen LogP) is 4.16. The van der Waals surface area contributed by atoms with Crippen molar-refractivity contribution in [2.45, 2.75) is 20.4 Å². The second-order valence-electron chi connectivity index (χ2n) is 4.30. The van der Waals surface area contributed by atoms with Crippen LogP contribution in [0.4, 0.5) is 5.69 Å². The summed E-state index contributed by atoms with van der Waals surface area (Å²) in [6.07, 6.45) is 3.63. The molecule has 0 saturated carbocycles. The van der Waals surface area contributed by atoms with Crippen molar-refractivity contribution in [3.63, 3.8) is 0 Å². The first kappa shape index (κ1) is 13.9. The SMILES string of the molecule is CCOc1cc(C)ccc1NCc1cncc(Br)c1. The van der Waals surface area contributed by atoms with Crippen molar-refractivity contribution in [2.75, 3.05) is 11.9 Å². The summed E-state index contributed by atoms with van der Waals surface area (Å²) in [5.41, 5.74) is 3.32. The van der Waals surface area contributed by atoms with Gasteiger partial charge in [0, 0.05) is 23.4 Å². The van der Waals surface area contributed by atoms with Gasteiger partial charge >= 0.3 is 0 Å². The number of hydrogen-bond donors (Lipinski definition) is 1. The van der Waals surface area contributed by atoms with Gasteiger partial charge in [-0.1, -0.05) is 6.07 Å². The molecule has 0 radical (unpaired) electrons. The predicted molar refractivity (Wildman–Crippen MR) is 81.6 cm³/mol. The van der Waals surface area contributed by atoms with Crippen LogP contribution in [0.15, 0.2) is 41.1 Å². The van der Waals surface area contributed by atoms with E-state index in [9.17, 15) is 0 Å². The Hall–Kier alpha value is -1.55. The van der Waals surface area contributed by atoms with Crippen molar-refractivity contribution in [1.29, 1.82) is 0 Å². The molecule has 0 aliphatic rings. The van der Waals surface area contributed by atoms with E-state index in [1.54, 1.807) is 6.20 Å². The molecule has 19 heavy (non-hydrogen) atoms. The maximum Gasteiger partial charge on any atom is 0.142 e. The van der Waals surface area contributed by atoms with E-state index in [1.807, 2.05) is 25.3 Å². The van der Waals surface area contributed by atoms with Crippen molar-refractivity contribution in [3.8, 4) is 5.75 Å². The lowest BCUT2D eigenvalue weighted by atomic mass is 10.2. The van der Waals surface area contributed by atoms with Crippen LogP contribution in [0.5, 0.6) is 5.75 Å². The number of benzene rings is 1. The molecule has 4 heteroatoms. The molecule has 3 nitrogen and oxygen atoms in total. The van der Waals surface area contributed by atoms with E-state index < -0.39 is 0 Å². The number of aryl methyl sites for hydroxylation is 1. The van der Waals surface area contributed by atoms with Crippen molar-refractivity contribution in [2.24, 2.45) is 0 Å². The van der Waals surface area contributed by atoms with E-state index in [-0.39, 0.29) is 0 Å². The van der Waals surface area contributed by atoms with Crippen LogP contribution in [0.1, 0.15) is 18.1 Å². The number of ether oxygens (including phenoxy) is 1. The van der Waals surface area contributed by atoms with E-state index in [0.717, 1.165) is 28.0 Å². The fraction of sp³-hybridized carbons (Fsp3) is 0.267. The lowest BCUT2D eigenvalue weighted by molar-refractivity contribution is 0.341. The Kier molecular flexibility index (Phi) is 4.80. The number of hydrogen-bond acceptors (Lipinski definition) is 3. The second-order valence-corrected chi connectivity index (χ2v) is 5.21. The molecule has 0 aliphatic carbocycles. The van der Waals surface area contributed by atoms with E-state index in [1.165, 1.54) is 5.56 Å². The number of pyridine rings is 1. The van der Waals surface area contributed by atoms with Gasteiger partial charge in [-0.25, -0.2) is 0 Å². The third-order valence-electron chi connectivity index (χ3n) is 2.68. The molecule has 100 valence electrons. The van der Waals surface area contributed by atoms with Crippen LogP contribution in [0, 0.1) is 6.92 Å². The minimum atomic E-state index is 0.663. The van der Waals surface area contributed by atoms with Gasteiger partial charge in [0.15, 0.2) is 0 Å². The molecule has 0 atom stereocenters. The van der Waals surface area contributed by atoms with Gasteiger partial charge in [0.2, 0.25) is 0 Å². The van der Waals surface area contributed by atoms with Crippen LogP contribution in [-0.2, 0) is 6.54 Å². The summed E-state index contributed by atoms with van der Waals surface area (Å²) in [6, 6.07) is 8.22. The smallest absolute Gasteiger partial charge is 0.142 e. The van der Waals surface area contributed by atoms with Crippen LogP contribution in [-0.4, -0.2) is 11.6 Å². The Bertz CT molecular complexity index is 558. The standard InChI is InChI=1S/C15H17BrN2O/c1-3-19-15-6-11(2)4-5-14(15)18-9-12-7-13(16)10-17-8-12/h4-8,10,18H,3,9H2,1-2H3. The molecule has 0 aliphatic heterocycles. The molecule has 1 N–H and O–H groups in total. The summed E-state index contributed by atoms with van der Waals surface area (Å²) in [7, 11) is 0. The number of nitrogens with one attached hydrogen (secondary N) is 1. The summed E-state index contributed by atoms with van der Waals surface area (Å²) in [6.45, 7) is 5.43. The number of anilines is 1. The number of aromatic nitrogens is 1. The highest BCUT2D eigenvalue weighted by Crippen LogP contribution is 2.26. The van der Waals surface area contributed by atoms with Crippen molar-refractivity contribution in [3.05, 3.63) is 52.3 Å². The number of halogens is 1. The lowest BCUT2D eigenvalue weighted by Gasteiger charge is -2.13. The fourth-order valence-corrected chi connectivity index (χ4v) is 2.21. The molecule has 0 fully saturated rings. The average molecular weight is 321 g/mol. The first-order chi connectivity index (χ1) is 9.19. The monoisotopic (exact) mass is 320 g/mol. The third-order valence-corrected chi connectivity index (χ3v) is 3.12. The number of nitrogens with zero attached hydrogens (tertiary/aromatic N) is 1. The van der Waals surface area contributed by atoms with Gasteiger partial charge in [-0.05, 0) is 59.1 Å². The highest BCUT2D eigenvalue weighted by atomic mass is 79.9. The molecule has 0 unspecified atom stereocenters. The summed E-state index contributed by atoms with van der Waals surface area (Å²) in [5.74, 6) is 0.894. The molecule has 0 spiro atoms. The molecule has 1 aromatic carbocycles. The molecule has 1 aromatic heterocycles. The molecule has 0 bridgehead atoms. The lowest BCUT2D eigenvalue weighted by Crippen LogP contribution is -2.03. The molecule has 2 rings (SSSR count). The van der Waals surface area contributed by atoms with E-state index in [0.29, 0.717) is 6.61 Å². The van der Waals surface area contributed by atoms with Crippen LogP contribution < -0.4 is 10.1 Å². The maximum absolute atomic E-state index is 5.64. The summed E-state index contributed by atoms with van der Waals surface area (Å²) in [5, 5.41) is 3.38. The first-order valence-corrected chi connectivity index (χ1v) is 7.05. The largest absolute Gasteiger partial charge is 0.492 e. The fourth-order valence-electron chi connectivity index (χ4n) is 1.80. The minimum absolute atomic E-state index is 0.663. The van der Waals surface area contributed by atoms with Gasteiger partial charge in [-0.3, -0.25) is 4.98 Å². The first-order valence-electron chi connectivity index (χ1n) is 6.26.